The minimum Gasteiger partial charge on any atom is -0.454 e. The van der Waals surface area contributed by atoms with Crippen LogP contribution >= 0.6 is 27.3 Å². The summed E-state index contributed by atoms with van der Waals surface area (Å²) in [7, 11) is -3.49. The molecule has 0 unspecified atom stereocenters. The highest BCUT2D eigenvalue weighted by atomic mass is 79.9. The summed E-state index contributed by atoms with van der Waals surface area (Å²) in [5.41, 5.74) is 1.02. The van der Waals surface area contributed by atoms with Crippen LogP contribution in [0.2, 0.25) is 0 Å². The van der Waals surface area contributed by atoms with Crippen molar-refractivity contribution in [3.05, 3.63) is 39.7 Å². The van der Waals surface area contributed by atoms with Crippen LogP contribution in [0.1, 0.15) is 12.0 Å². The second kappa shape index (κ2) is 8.02. The van der Waals surface area contributed by atoms with Gasteiger partial charge in [0.15, 0.2) is 11.5 Å². The molecule has 3 heterocycles. The van der Waals surface area contributed by atoms with Crippen molar-refractivity contribution < 1.29 is 22.7 Å². The van der Waals surface area contributed by atoms with Crippen LogP contribution < -0.4 is 9.47 Å². The van der Waals surface area contributed by atoms with E-state index in [4.69, 9.17) is 9.47 Å². The molecule has 1 fully saturated rings. The molecule has 10 heteroatoms. The summed E-state index contributed by atoms with van der Waals surface area (Å²) in [6.07, 6.45) is 0.988. The van der Waals surface area contributed by atoms with Crippen LogP contribution in [0.3, 0.4) is 0 Å². The smallest absolute Gasteiger partial charge is 0.252 e. The maximum Gasteiger partial charge on any atom is 0.252 e. The van der Waals surface area contributed by atoms with Gasteiger partial charge < -0.3 is 14.4 Å². The Morgan fingerprint density at radius 3 is 2.54 bits per heavy atom. The van der Waals surface area contributed by atoms with Gasteiger partial charge in [0.25, 0.3) is 10.0 Å². The average Bonchev–Trinajstić information content (AvgIpc) is 3.34. The van der Waals surface area contributed by atoms with Gasteiger partial charge in [-0.15, -0.1) is 11.3 Å². The van der Waals surface area contributed by atoms with Gasteiger partial charge in [-0.3, -0.25) is 4.79 Å². The molecule has 0 aliphatic carbocycles. The van der Waals surface area contributed by atoms with E-state index < -0.39 is 10.0 Å². The second-order valence-corrected chi connectivity index (χ2v) is 11.2. The number of carbonyl (C=O) groups excluding carboxylic acids is 1. The monoisotopic (exact) mass is 486 g/mol. The topological polar surface area (TPSA) is 76.2 Å². The molecule has 1 amide bonds. The fourth-order valence-electron chi connectivity index (χ4n) is 3.25. The highest BCUT2D eigenvalue weighted by Crippen LogP contribution is 2.33. The Hall–Kier alpha value is -1.62. The molecule has 4 rings (SSSR count). The molecule has 1 aromatic carbocycles. The molecule has 2 aromatic rings. The molecule has 0 bridgehead atoms. The number of piperazine rings is 1. The third kappa shape index (κ3) is 4.05. The number of carbonyl (C=O) groups is 1. The SMILES string of the molecule is O=C(CCc1ccc2c(c1)OCO2)N1CCN(S(=O)(=O)c2ccc(Br)s2)CC1. The highest BCUT2D eigenvalue weighted by molar-refractivity contribution is 9.11. The van der Waals surface area contributed by atoms with Gasteiger partial charge in [0, 0.05) is 32.6 Å². The Balaban J connectivity index is 1.30. The normalized spacial score (nSPS) is 17.1. The molecule has 0 atom stereocenters. The van der Waals surface area contributed by atoms with Crippen LogP contribution in [0, 0.1) is 0 Å². The van der Waals surface area contributed by atoms with Crippen molar-refractivity contribution in [3.63, 3.8) is 0 Å². The fourth-order valence-corrected chi connectivity index (χ4v) is 6.83. The van der Waals surface area contributed by atoms with Gasteiger partial charge in [-0.25, -0.2) is 8.42 Å². The van der Waals surface area contributed by atoms with E-state index in [2.05, 4.69) is 15.9 Å². The number of ether oxygens (including phenoxy) is 2. The van der Waals surface area contributed by atoms with Crippen LogP contribution in [0.15, 0.2) is 38.3 Å². The van der Waals surface area contributed by atoms with Gasteiger partial charge >= 0.3 is 0 Å². The number of fused-ring (bicyclic) bond motifs is 1. The van der Waals surface area contributed by atoms with Crippen molar-refractivity contribution in [3.8, 4) is 11.5 Å². The summed E-state index contributed by atoms with van der Waals surface area (Å²) in [6.45, 7) is 1.67. The summed E-state index contributed by atoms with van der Waals surface area (Å²) in [4.78, 5) is 14.3. The Labute approximate surface area is 176 Å². The molecular formula is C18H19BrN2O5S2. The number of nitrogens with zero attached hydrogens (tertiary/aromatic N) is 2. The largest absolute Gasteiger partial charge is 0.454 e. The third-order valence-electron chi connectivity index (χ3n) is 4.80. The van der Waals surface area contributed by atoms with Gasteiger partial charge in [0.1, 0.15) is 4.21 Å². The predicted molar refractivity (Wildman–Crippen MR) is 108 cm³/mol. The number of rotatable bonds is 5. The van der Waals surface area contributed by atoms with Crippen molar-refractivity contribution in [2.75, 3.05) is 33.0 Å². The molecule has 2 aliphatic rings. The number of hydrogen-bond acceptors (Lipinski definition) is 6. The number of sulfonamides is 1. The molecule has 28 heavy (non-hydrogen) atoms. The van der Waals surface area contributed by atoms with E-state index in [-0.39, 0.29) is 12.7 Å². The first-order valence-electron chi connectivity index (χ1n) is 8.85. The average molecular weight is 487 g/mol. The third-order valence-corrected chi connectivity index (χ3v) is 8.79. The van der Waals surface area contributed by atoms with Crippen LogP contribution in [-0.4, -0.2) is 56.5 Å². The van der Waals surface area contributed by atoms with Crippen molar-refractivity contribution in [1.29, 1.82) is 0 Å². The highest BCUT2D eigenvalue weighted by Gasteiger charge is 2.31. The molecule has 0 radical (unpaired) electrons. The minimum atomic E-state index is -3.49. The molecule has 1 saturated heterocycles. The van der Waals surface area contributed by atoms with E-state index in [1.165, 1.54) is 15.6 Å². The van der Waals surface area contributed by atoms with Gasteiger partial charge in [-0.05, 0) is 52.2 Å². The van der Waals surface area contributed by atoms with Crippen molar-refractivity contribution in [1.82, 2.24) is 9.21 Å². The number of halogens is 1. The fraction of sp³-hybridized carbons (Fsp3) is 0.389. The van der Waals surface area contributed by atoms with Crippen molar-refractivity contribution in [2.45, 2.75) is 17.1 Å². The first kappa shape index (κ1) is 19.7. The first-order chi connectivity index (χ1) is 13.4. The standard InChI is InChI=1S/C18H19BrN2O5S2/c19-16-4-6-18(27-16)28(23,24)21-9-7-20(8-10-21)17(22)5-2-13-1-3-14-15(11-13)26-12-25-14/h1,3-4,6,11H,2,5,7-10,12H2. The Morgan fingerprint density at radius 2 is 1.82 bits per heavy atom. The minimum absolute atomic E-state index is 0.0357. The first-order valence-corrected chi connectivity index (χ1v) is 11.9. The lowest BCUT2D eigenvalue weighted by atomic mass is 10.1. The maximum absolute atomic E-state index is 12.7. The predicted octanol–water partition coefficient (Wildman–Crippen LogP) is 2.71. The Bertz CT molecular complexity index is 984. The number of benzene rings is 1. The van der Waals surface area contributed by atoms with E-state index >= 15 is 0 Å². The number of amides is 1. The van der Waals surface area contributed by atoms with E-state index in [1.54, 1.807) is 17.0 Å². The molecule has 0 N–H and O–H groups in total. The number of hydrogen-bond donors (Lipinski definition) is 0. The van der Waals surface area contributed by atoms with E-state index in [1.807, 2.05) is 18.2 Å². The Morgan fingerprint density at radius 1 is 1.07 bits per heavy atom. The van der Waals surface area contributed by atoms with Crippen LogP contribution in [0.25, 0.3) is 0 Å². The van der Waals surface area contributed by atoms with Crippen LogP contribution in [0.4, 0.5) is 0 Å². The van der Waals surface area contributed by atoms with Crippen molar-refractivity contribution in [2.24, 2.45) is 0 Å². The van der Waals surface area contributed by atoms with Gasteiger partial charge in [0.2, 0.25) is 12.7 Å². The maximum atomic E-state index is 12.7. The molecule has 0 spiro atoms. The molecule has 2 aliphatic heterocycles. The number of aryl methyl sites for hydroxylation is 1. The van der Waals surface area contributed by atoms with Crippen LogP contribution in [-0.2, 0) is 21.2 Å². The second-order valence-electron chi connectivity index (χ2n) is 6.53. The van der Waals surface area contributed by atoms with E-state index in [9.17, 15) is 13.2 Å². The zero-order valence-corrected chi connectivity index (χ0v) is 18.2. The quantitative estimate of drug-likeness (QED) is 0.649. The van der Waals surface area contributed by atoms with Gasteiger partial charge in [0.05, 0.1) is 3.79 Å². The zero-order valence-electron chi connectivity index (χ0n) is 15.0. The summed E-state index contributed by atoms with van der Waals surface area (Å²) in [5.74, 6) is 1.47. The van der Waals surface area contributed by atoms with E-state index in [0.29, 0.717) is 49.0 Å². The van der Waals surface area contributed by atoms with Crippen LogP contribution in [0.5, 0.6) is 11.5 Å². The van der Waals surface area contributed by atoms with Gasteiger partial charge in [-0.2, -0.15) is 4.31 Å². The summed E-state index contributed by atoms with van der Waals surface area (Å²) >= 11 is 4.49. The summed E-state index contributed by atoms with van der Waals surface area (Å²) in [6, 6.07) is 9.03. The zero-order chi connectivity index (χ0) is 19.7. The lowest BCUT2D eigenvalue weighted by Gasteiger charge is -2.33. The number of thiophene rings is 1. The summed E-state index contributed by atoms with van der Waals surface area (Å²) < 4.78 is 38.5. The molecule has 150 valence electrons. The van der Waals surface area contributed by atoms with Crippen molar-refractivity contribution >= 4 is 43.2 Å². The van der Waals surface area contributed by atoms with Gasteiger partial charge in [-0.1, -0.05) is 6.07 Å². The van der Waals surface area contributed by atoms with E-state index in [0.717, 1.165) is 15.1 Å². The lowest BCUT2D eigenvalue weighted by molar-refractivity contribution is -0.132. The molecule has 0 saturated carbocycles. The molecule has 7 nitrogen and oxygen atoms in total. The molecular weight excluding hydrogens is 468 g/mol. The summed E-state index contributed by atoms with van der Waals surface area (Å²) in [5, 5.41) is 0. The Kier molecular flexibility index (Phi) is 5.64. The lowest BCUT2D eigenvalue weighted by Crippen LogP contribution is -2.50. The molecule has 1 aromatic heterocycles.